The largest absolute Gasteiger partial charge is 0.494 e. The standard InChI is InChI=1S/C22H27NO4S/c1-3-5-6-14-27-16-12-10-15(11-13-16)20(24)23-21-19(22(25)26-4-2)17-8-7-9-18(17)28-21/h10-13H,3-9,14H2,1-2H3,(H,23,24). The van der Waals surface area contributed by atoms with Gasteiger partial charge in [0.05, 0.1) is 18.8 Å². The number of aryl methyl sites for hydroxylation is 1. The van der Waals surface area contributed by atoms with Crippen LogP contribution in [0.3, 0.4) is 0 Å². The van der Waals surface area contributed by atoms with Crippen molar-refractivity contribution in [3.63, 3.8) is 0 Å². The fourth-order valence-electron chi connectivity index (χ4n) is 3.33. The number of anilines is 1. The Balaban J connectivity index is 1.69. The van der Waals surface area contributed by atoms with Gasteiger partial charge in [0.1, 0.15) is 10.8 Å². The monoisotopic (exact) mass is 401 g/mol. The second-order valence-corrected chi connectivity index (χ2v) is 7.92. The number of amides is 1. The Morgan fingerprint density at radius 1 is 1.11 bits per heavy atom. The highest BCUT2D eigenvalue weighted by Gasteiger charge is 2.28. The van der Waals surface area contributed by atoms with Crippen LogP contribution < -0.4 is 10.1 Å². The van der Waals surface area contributed by atoms with Gasteiger partial charge >= 0.3 is 5.97 Å². The molecular formula is C22H27NO4S. The molecule has 0 unspecified atom stereocenters. The summed E-state index contributed by atoms with van der Waals surface area (Å²) in [6.45, 7) is 4.94. The highest BCUT2D eigenvalue weighted by Crippen LogP contribution is 2.39. The van der Waals surface area contributed by atoms with Gasteiger partial charge in [-0.3, -0.25) is 4.79 Å². The number of ether oxygens (including phenoxy) is 2. The van der Waals surface area contributed by atoms with Crippen LogP contribution in [0.25, 0.3) is 0 Å². The zero-order chi connectivity index (χ0) is 19.9. The lowest BCUT2D eigenvalue weighted by molar-refractivity contribution is 0.0527. The minimum Gasteiger partial charge on any atom is -0.494 e. The first kappa shape index (κ1) is 20.4. The van der Waals surface area contributed by atoms with Crippen LogP contribution in [0.1, 0.15) is 70.7 Å². The first-order valence-electron chi connectivity index (χ1n) is 9.99. The molecule has 0 atom stereocenters. The van der Waals surface area contributed by atoms with Gasteiger partial charge in [0, 0.05) is 10.4 Å². The van der Waals surface area contributed by atoms with Crippen molar-refractivity contribution in [2.75, 3.05) is 18.5 Å². The van der Waals surface area contributed by atoms with E-state index >= 15 is 0 Å². The number of carbonyl (C=O) groups is 2. The molecule has 0 bridgehead atoms. The molecule has 1 heterocycles. The van der Waals surface area contributed by atoms with E-state index in [-0.39, 0.29) is 11.9 Å². The van der Waals surface area contributed by atoms with Crippen molar-refractivity contribution in [3.05, 3.63) is 45.8 Å². The van der Waals surface area contributed by atoms with E-state index in [0.717, 1.165) is 49.8 Å². The summed E-state index contributed by atoms with van der Waals surface area (Å²) in [4.78, 5) is 26.3. The Kier molecular flexibility index (Phi) is 7.09. The summed E-state index contributed by atoms with van der Waals surface area (Å²) in [6.07, 6.45) is 6.18. The molecule has 1 aromatic carbocycles. The smallest absolute Gasteiger partial charge is 0.341 e. The molecule has 1 amide bonds. The lowest BCUT2D eigenvalue weighted by Gasteiger charge is -2.09. The van der Waals surface area contributed by atoms with Crippen LogP contribution in [0.15, 0.2) is 24.3 Å². The topological polar surface area (TPSA) is 64.6 Å². The summed E-state index contributed by atoms with van der Waals surface area (Å²) >= 11 is 1.49. The van der Waals surface area contributed by atoms with Gasteiger partial charge in [0.2, 0.25) is 0 Å². The third kappa shape index (κ3) is 4.73. The molecule has 28 heavy (non-hydrogen) atoms. The Morgan fingerprint density at radius 2 is 1.89 bits per heavy atom. The van der Waals surface area contributed by atoms with Crippen molar-refractivity contribution in [2.45, 2.75) is 52.4 Å². The van der Waals surface area contributed by atoms with Crippen molar-refractivity contribution in [1.29, 1.82) is 0 Å². The number of esters is 1. The quantitative estimate of drug-likeness (QED) is 0.461. The summed E-state index contributed by atoms with van der Waals surface area (Å²) < 4.78 is 10.9. The molecular weight excluding hydrogens is 374 g/mol. The summed E-state index contributed by atoms with van der Waals surface area (Å²) in [5.74, 6) is 0.172. The predicted molar refractivity (Wildman–Crippen MR) is 112 cm³/mol. The second kappa shape index (κ2) is 9.73. The van der Waals surface area contributed by atoms with Crippen LogP contribution >= 0.6 is 11.3 Å². The highest BCUT2D eigenvalue weighted by atomic mass is 32.1. The van der Waals surface area contributed by atoms with Gasteiger partial charge in [0.15, 0.2) is 0 Å². The molecule has 0 aliphatic heterocycles. The molecule has 0 fully saturated rings. The van der Waals surface area contributed by atoms with Crippen molar-refractivity contribution in [2.24, 2.45) is 0 Å². The third-order valence-corrected chi connectivity index (χ3v) is 5.97. The van der Waals surface area contributed by atoms with E-state index in [1.54, 1.807) is 19.1 Å². The summed E-state index contributed by atoms with van der Waals surface area (Å²) in [7, 11) is 0. The molecule has 1 aliphatic rings. The summed E-state index contributed by atoms with van der Waals surface area (Å²) in [5.41, 5.74) is 2.10. The molecule has 2 aromatic rings. The van der Waals surface area contributed by atoms with E-state index in [0.29, 0.717) is 29.3 Å². The van der Waals surface area contributed by atoms with E-state index in [1.807, 2.05) is 12.1 Å². The molecule has 5 nitrogen and oxygen atoms in total. The van der Waals surface area contributed by atoms with Gasteiger partial charge in [-0.25, -0.2) is 4.79 Å². The Labute approximate surface area is 170 Å². The fourth-order valence-corrected chi connectivity index (χ4v) is 4.60. The van der Waals surface area contributed by atoms with Crippen LogP contribution in [0, 0.1) is 0 Å². The first-order chi connectivity index (χ1) is 13.6. The molecule has 150 valence electrons. The number of benzene rings is 1. The number of hydrogen-bond acceptors (Lipinski definition) is 5. The Bertz CT molecular complexity index is 826. The summed E-state index contributed by atoms with van der Waals surface area (Å²) in [6, 6.07) is 7.11. The number of rotatable bonds is 9. The molecule has 1 N–H and O–H groups in total. The minimum atomic E-state index is -0.354. The van der Waals surface area contributed by atoms with Gasteiger partial charge < -0.3 is 14.8 Å². The van der Waals surface area contributed by atoms with Crippen molar-refractivity contribution in [3.8, 4) is 5.75 Å². The first-order valence-corrected chi connectivity index (χ1v) is 10.8. The van der Waals surface area contributed by atoms with Gasteiger partial charge in [-0.05, 0) is 62.4 Å². The van der Waals surface area contributed by atoms with Crippen LogP contribution in [0.2, 0.25) is 0 Å². The number of unbranched alkanes of at least 4 members (excludes halogenated alkanes) is 2. The van der Waals surface area contributed by atoms with Gasteiger partial charge in [-0.15, -0.1) is 11.3 Å². The Morgan fingerprint density at radius 3 is 2.61 bits per heavy atom. The van der Waals surface area contributed by atoms with Crippen molar-refractivity contribution >= 4 is 28.2 Å². The Hall–Kier alpha value is -2.34. The molecule has 0 radical (unpaired) electrons. The molecule has 0 saturated heterocycles. The minimum absolute atomic E-state index is 0.233. The number of nitrogens with one attached hydrogen (secondary N) is 1. The van der Waals surface area contributed by atoms with E-state index in [2.05, 4.69) is 12.2 Å². The number of hydrogen-bond donors (Lipinski definition) is 1. The molecule has 6 heteroatoms. The molecule has 1 aromatic heterocycles. The number of carbonyl (C=O) groups excluding carboxylic acids is 2. The molecule has 0 spiro atoms. The molecule has 3 rings (SSSR count). The van der Waals surface area contributed by atoms with E-state index in [1.165, 1.54) is 16.2 Å². The van der Waals surface area contributed by atoms with Gasteiger partial charge in [0.25, 0.3) is 5.91 Å². The SMILES string of the molecule is CCCCCOc1ccc(C(=O)Nc2sc3c(c2C(=O)OCC)CCC3)cc1. The zero-order valence-corrected chi connectivity index (χ0v) is 17.3. The number of fused-ring (bicyclic) bond motifs is 1. The average Bonchev–Trinajstić information content (AvgIpc) is 3.26. The molecule has 0 saturated carbocycles. The number of thiophene rings is 1. The van der Waals surface area contributed by atoms with Gasteiger partial charge in [-0.2, -0.15) is 0 Å². The lowest BCUT2D eigenvalue weighted by Crippen LogP contribution is -2.15. The van der Waals surface area contributed by atoms with Crippen LogP contribution in [0.5, 0.6) is 5.75 Å². The summed E-state index contributed by atoms with van der Waals surface area (Å²) in [5, 5.41) is 3.50. The average molecular weight is 402 g/mol. The maximum Gasteiger partial charge on any atom is 0.341 e. The normalized spacial score (nSPS) is 12.5. The predicted octanol–water partition coefficient (Wildman–Crippen LogP) is 5.23. The second-order valence-electron chi connectivity index (χ2n) is 6.82. The highest BCUT2D eigenvalue weighted by molar-refractivity contribution is 7.17. The lowest BCUT2D eigenvalue weighted by atomic mass is 10.1. The van der Waals surface area contributed by atoms with E-state index in [4.69, 9.17) is 9.47 Å². The zero-order valence-electron chi connectivity index (χ0n) is 16.5. The maximum absolute atomic E-state index is 12.7. The van der Waals surface area contributed by atoms with Crippen LogP contribution in [-0.4, -0.2) is 25.1 Å². The van der Waals surface area contributed by atoms with Crippen molar-refractivity contribution in [1.82, 2.24) is 0 Å². The molecule has 1 aliphatic carbocycles. The van der Waals surface area contributed by atoms with Crippen molar-refractivity contribution < 1.29 is 19.1 Å². The van der Waals surface area contributed by atoms with E-state index < -0.39 is 0 Å². The van der Waals surface area contributed by atoms with E-state index in [9.17, 15) is 9.59 Å². The van der Waals surface area contributed by atoms with Crippen LogP contribution in [-0.2, 0) is 17.6 Å². The van der Waals surface area contributed by atoms with Crippen LogP contribution in [0.4, 0.5) is 5.00 Å². The fraction of sp³-hybridized carbons (Fsp3) is 0.455. The van der Waals surface area contributed by atoms with Gasteiger partial charge in [-0.1, -0.05) is 19.8 Å². The third-order valence-electron chi connectivity index (χ3n) is 4.76. The maximum atomic E-state index is 12.7.